The number of likely N-dealkylation sites (N-methyl/N-ethyl adjacent to an activating group) is 1. The maximum atomic E-state index is 6.15. The molecule has 0 atom stereocenters. The van der Waals surface area contributed by atoms with Crippen molar-refractivity contribution in [1.29, 1.82) is 0 Å². The molecule has 16 heavy (non-hydrogen) atoms. The van der Waals surface area contributed by atoms with Crippen molar-refractivity contribution < 1.29 is 4.42 Å². The van der Waals surface area contributed by atoms with Crippen molar-refractivity contribution in [3.05, 3.63) is 34.0 Å². The van der Waals surface area contributed by atoms with E-state index in [4.69, 9.17) is 27.6 Å². The van der Waals surface area contributed by atoms with Crippen LogP contribution in [0, 0.1) is 0 Å². The van der Waals surface area contributed by atoms with Crippen LogP contribution in [0.15, 0.2) is 22.8 Å². The van der Waals surface area contributed by atoms with Gasteiger partial charge >= 0.3 is 0 Å². The number of hydrogen-bond donors (Lipinski definition) is 1. The van der Waals surface area contributed by atoms with Crippen molar-refractivity contribution in [3.8, 4) is 0 Å². The lowest BCUT2D eigenvalue weighted by molar-refractivity contribution is 0.607. The van der Waals surface area contributed by atoms with E-state index in [9.17, 15) is 0 Å². The van der Waals surface area contributed by atoms with E-state index in [0.29, 0.717) is 15.6 Å². The van der Waals surface area contributed by atoms with Crippen LogP contribution in [-0.4, -0.2) is 13.1 Å². The highest BCUT2D eigenvalue weighted by Crippen LogP contribution is 2.33. The summed E-state index contributed by atoms with van der Waals surface area (Å²) in [5.41, 5.74) is 1.78. The Hall–Kier alpha value is -0.700. The van der Waals surface area contributed by atoms with Gasteiger partial charge in [0.1, 0.15) is 0 Å². The van der Waals surface area contributed by atoms with Crippen LogP contribution in [0.25, 0.3) is 11.0 Å². The fraction of sp³-hybridized carbons (Fsp3) is 0.333. The molecule has 2 aromatic rings. The minimum absolute atomic E-state index is 0.606. The number of benzene rings is 1. The third-order valence-corrected chi connectivity index (χ3v) is 3.13. The van der Waals surface area contributed by atoms with Gasteiger partial charge in [0.25, 0.3) is 0 Å². The molecular weight excluding hydrogens is 245 g/mol. The van der Waals surface area contributed by atoms with E-state index in [0.717, 1.165) is 30.5 Å². The number of rotatable bonds is 4. The lowest BCUT2D eigenvalue weighted by atomic mass is 10.1. The van der Waals surface area contributed by atoms with Crippen molar-refractivity contribution in [2.24, 2.45) is 0 Å². The average Bonchev–Trinajstić information content (AvgIpc) is 2.69. The SMILES string of the molecule is CCNCCc1coc2c(Cl)ccc(Cl)c12. The van der Waals surface area contributed by atoms with Gasteiger partial charge in [-0.25, -0.2) is 0 Å². The number of nitrogens with one attached hydrogen (secondary N) is 1. The van der Waals surface area contributed by atoms with Crippen LogP contribution >= 0.6 is 23.2 Å². The summed E-state index contributed by atoms with van der Waals surface area (Å²) < 4.78 is 5.45. The molecule has 0 amide bonds. The van der Waals surface area contributed by atoms with Crippen LogP contribution < -0.4 is 5.32 Å². The zero-order valence-electron chi connectivity index (χ0n) is 9.02. The van der Waals surface area contributed by atoms with E-state index in [1.807, 2.05) is 0 Å². The maximum absolute atomic E-state index is 6.15. The number of fused-ring (bicyclic) bond motifs is 1. The molecule has 0 aliphatic carbocycles. The second-order valence-corrected chi connectivity index (χ2v) is 4.41. The van der Waals surface area contributed by atoms with Crippen LogP contribution in [0.2, 0.25) is 10.0 Å². The largest absolute Gasteiger partial charge is 0.462 e. The number of furan rings is 1. The summed E-state index contributed by atoms with van der Waals surface area (Å²) in [4.78, 5) is 0. The second kappa shape index (κ2) is 5.09. The van der Waals surface area contributed by atoms with Crippen LogP contribution in [0.3, 0.4) is 0 Å². The molecule has 1 heterocycles. The molecule has 0 fully saturated rings. The summed E-state index contributed by atoms with van der Waals surface area (Å²) in [7, 11) is 0. The Labute approximate surface area is 105 Å². The van der Waals surface area contributed by atoms with Gasteiger partial charge < -0.3 is 9.73 Å². The molecule has 0 saturated carbocycles. The molecule has 86 valence electrons. The standard InChI is InChI=1S/C12H13Cl2NO/c1-2-15-6-5-8-7-16-12-10(14)4-3-9(13)11(8)12/h3-4,7,15H,2,5-6H2,1H3. The van der Waals surface area contributed by atoms with Gasteiger partial charge in [-0.15, -0.1) is 0 Å². The third-order valence-electron chi connectivity index (χ3n) is 2.52. The molecule has 0 aliphatic rings. The Morgan fingerprint density at radius 2 is 2.00 bits per heavy atom. The van der Waals surface area contributed by atoms with E-state index in [1.54, 1.807) is 18.4 Å². The predicted molar refractivity (Wildman–Crippen MR) is 68.5 cm³/mol. The molecule has 1 N–H and O–H groups in total. The quantitative estimate of drug-likeness (QED) is 0.841. The zero-order valence-corrected chi connectivity index (χ0v) is 10.5. The molecule has 1 aromatic heterocycles. The summed E-state index contributed by atoms with van der Waals surface area (Å²) in [5, 5.41) is 5.50. The molecule has 0 bridgehead atoms. The molecule has 2 rings (SSSR count). The third kappa shape index (κ3) is 2.19. The van der Waals surface area contributed by atoms with Crippen LogP contribution in [0.4, 0.5) is 0 Å². The highest BCUT2D eigenvalue weighted by molar-refractivity contribution is 6.39. The van der Waals surface area contributed by atoms with Crippen molar-refractivity contribution >= 4 is 34.2 Å². The lowest BCUT2D eigenvalue weighted by Crippen LogP contribution is -2.15. The molecular formula is C12H13Cl2NO. The zero-order chi connectivity index (χ0) is 11.5. The minimum atomic E-state index is 0.606. The highest BCUT2D eigenvalue weighted by atomic mass is 35.5. The predicted octanol–water partition coefficient (Wildman–Crippen LogP) is 3.89. The molecule has 0 aliphatic heterocycles. The van der Waals surface area contributed by atoms with Gasteiger partial charge in [-0.2, -0.15) is 0 Å². The summed E-state index contributed by atoms with van der Waals surface area (Å²) in [5.74, 6) is 0. The summed E-state index contributed by atoms with van der Waals surface area (Å²) in [6.45, 7) is 3.95. The molecule has 0 saturated heterocycles. The molecule has 0 spiro atoms. The first-order chi connectivity index (χ1) is 7.74. The Kier molecular flexibility index (Phi) is 3.74. The summed E-state index contributed by atoms with van der Waals surface area (Å²) >= 11 is 12.2. The number of halogens is 2. The highest BCUT2D eigenvalue weighted by Gasteiger charge is 2.12. The van der Waals surface area contributed by atoms with Gasteiger partial charge in [-0.3, -0.25) is 0 Å². The lowest BCUT2D eigenvalue weighted by Gasteiger charge is -2.01. The Bertz CT molecular complexity index is 493. The summed E-state index contributed by atoms with van der Waals surface area (Å²) in [6, 6.07) is 3.56. The van der Waals surface area contributed by atoms with Gasteiger partial charge in [0.2, 0.25) is 0 Å². The van der Waals surface area contributed by atoms with E-state index >= 15 is 0 Å². The van der Waals surface area contributed by atoms with E-state index < -0.39 is 0 Å². The number of hydrogen-bond acceptors (Lipinski definition) is 2. The fourth-order valence-electron chi connectivity index (χ4n) is 1.72. The Morgan fingerprint density at radius 1 is 1.25 bits per heavy atom. The van der Waals surface area contributed by atoms with Crippen molar-refractivity contribution in [2.45, 2.75) is 13.3 Å². The van der Waals surface area contributed by atoms with E-state index in [1.165, 1.54) is 0 Å². The average molecular weight is 258 g/mol. The molecule has 1 aromatic carbocycles. The van der Waals surface area contributed by atoms with Crippen LogP contribution in [-0.2, 0) is 6.42 Å². The smallest absolute Gasteiger partial charge is 0.154 e. The monoisotopic (exact) mass is 257 g/mol. The van der Waals surface area contributed by atoms with Crippen molar-refractivity contribution in [3.63, 3.8) is 0 Å². The second-order valence-electron chi connectivity index (χ2n) is 3.60. The van der Waals surface area contributed by atoms with Gasteiger partial charge in [0.15, 0.2) is 5.58 Å². The van der Waals surface area contributed by atoms with Gasteiger partial charge in [-0.1, -0.05) is 30.1 Å². The maximum Gasteiger partial charge on any atom is 0.154 e. The van der Waals surface area contributed by atoms with E-state index in [-0.39, 0.29) is 0 Å². The van der Waals surface area contributed by atoms with E-state index in [2.05, 4.69) is 12.2 Å². The van der Waals surface area contributed by atoms with Crippen molar-refractivity contribution in [1.82, 2.24) is 5.32 Å². The normalized spacial score (nSPS) is 11.2. The van der Waals surface area contributed by atoms with Gasteiger partial charge in [-0.05, 0) is 31.6 Å². The first kappa shape index (κ1) is 11.8. The Morgan fingerprint density at radius 3 is 2.75 bits per heavy atom. The Balaban J connectivity index is 2.36. The molecule has 2 nitrogen and oxygen atoms in total. The van der Waals surface area contributed by atoms with Crippen LogP contribution in [0.5, 0.6) is 0 Å². The first-order valence-corrected chi connectivity index (χ1v) is 6.04. The topological polar surface area (TPSA) is 25.2 Å². The summed E-state index contributed by atoms with van der Waals surface area (Å²) in [6.07, 6.45) is 2.63. The van der Waals surface area contributed by atoms with Gasteiger partial charge in [0.05, 0.1) is 16.3 Å². The molecule has 4 heteroatoms. The fourth-order valence-corrected chi connectivity index (χ4v) is 2.19. The molecule has 0 radical (unpaired) electrons. The first-order valence-electron chi connectivity index (χ1n) is 5.28. The van der Waals surface area contributed by atoms with Crippen molar-refractivity contribution in [2.75, 3.05) is 13.1 Å². The molecule has 0 unspecified atom stereocenters. The van der Waals surface area contributed by atoms with Crippen LogP contribution in [0.1, 0.15) is 12.5 Å². The minimum Gasteiger partial charge on any atom is -0.462 e. The van der Waals surface area contributed by atoms with Gasteiger partial charge in [0, 0.05) is 10.9 Å².